The third kappa shape index (κ3) is 5.48. The molecule has 0 saturated carbocycles. The van der Waals surface area contributed by atoms with E-state index < -0.39 is 8.07 Å². The Balaban J connectivity index is 1.13. The Morgan fingerprint density at radius 2 is 0.948 bits per heavy atom. The molecule has 0 N–H and O–H groups in total. The molecule has 0 atom stereocenters. The maximum atomic E-state index is 5.55. The predicted octanol–water partition coefficient (Wildman–Crippen LogP) is 12.7. The van der Waals surface area contributed by atoms with E-state index in [9.17, 15) is 0 Å². The molecule has 10 aromatic rings. The Morgan fingerprint density at radius 1 is 0.397 bits per heavy atom. The van der Waals surface area contributed by atoms with E-state index in [1.165, 1.54) is 65.6 Å². The number of aromatic nitrogens is 3. The Bertz CT molecular complexity index is 3180. The van der Waals surface area contributed by atoms with Gasteiger partial charge in [-0.3, -0.25) is 0 Å². The first-order valence-corrected chi connectivity index (χ1v) is 23.0. The van der Waals surface area contributed by atoms with Crippen LogP contribution in [0.4, 0.5) is 0 Å². The molecule has 0 unspecified atom stereocenters. The van der Waals surface area contributed by atoms with E-state index in [1.807, 2.05) is 0 Å². The van der Waals surface area contributed by atoms with Gasteiger partial charge in [0.05, 0.1) is 22.4 Å². The van der Waals surface area contributed by atoms with Gasteiger partial charge in [-0.05, 0) is 91.8 Å². The highest BCUT2D eigenvalue weighted by Gasteiger charge is 2.41. The predicted molar refractivity (Wildman–Crippen MR) is 246 cm³/mol. The number of hydrogen-bond donors (Lipinski definition) is 0. The lowest BCUT2D eigenvalue weighted by molar-refractivity contribution is 1.18. The van der Waals surface area contributed by atoms with Crippen LogP contribution in [0.2, 0.25) is 13.1 Å². The van der Waals surface area contributed by atoms with Gasteiger partial charge in [0.15, 0.2) is 5.82 Å². The van der Waals surface area contributed by atoms with Gasteiger partial charge in [0, 0.05) is 27.6 Å². The second-order valence-electron chi connectivity index (χ2n) is 15.8. The van der Waals surface area contributed by atoms with E-state index in [0.29, 0.717) is 0 Å². The second-order valence-corrected chi connectivity index (χ2v) is 20.1. The Morgan fingerprint density at radius 3 is 1.71 bits per heavy atom. The van der Waals surface area contributed by atoms with Crippen LogP contribution < -0.4 is 10.4 Å². The van der Waals surface area contributed by atoms with Crippen molar-refractivity contribution in [3.8, 4) is 73.0 Å². The monoisotopic (exact) mass is 757 g/mol. The summed E-state index contributed by atoms with van der Waals surface area (Å²) in [4.78, 5) is 11.0. The molecule has 58 heavy (non-hydrogen) atoms. The van der Waals surface area contributed by atoms with Crippen molar-refractivity contribution in [2.45, 2.75) is 13.1 Å². The molecule has 0 bridgehead atoms. The van der Waals surface area contributed by atoms with Crippen LogP contribution in [0.15, 0.2) is 200 Å². The molecule has 11 rings (SSSR count). The fourth-order valence-corrected chi connectivity index (χ4v) is 12.5. The molecule has 0 saturated heterocycles. The normalized spacial score (nSPS) is 12.8. The molecule has 3 nitrogen and oxygen atoms in total. The maximum absolute atomic E-state index is 5.55. The summed E-state index contributed by atoms with van der Waals surface area (Å²) in [6.45, 7) is 4.89. The van der Waals surface area contributed by atoms with Crippen molar-refractivity contribution in [3.63, 3.8) is 0 Å². The van der Waals surface area contributed by atoms with Gasteiger partial charge in [0.25, 0.3) is 0 Å². The van der Waals surface area contributed by atoms with E-state index in [0.717, 1.165) is 39.6 Å². The number of rotatable bonds is 6. The molecule has 2 aromatic heterocycles. The summed E-state index contributed by atoms with van der Waals surface area (Å²) in [5.74, 6) is 0.743. The molecule has 4 heteroatoms. The van der Waals surface area contributed by atoms with Gasteiger partial charge in [-0.1, -0.05) is 171 Å². The highest BCUT2D eigenvalue weighted by molar-refractivity contribution is 7.04. The fraction of sp³-hybridized carbons (Fsp3) is 0.0370. The van der Waals surface area contributed by atoms with E-state index in [4.69, 9.17) is 9.97 Å². The smallest absolute Gasteiger partial charge is 0.160 e. The van der Waals surface area contributed by atoms with E-state index >= 15 is 0 Å². The van der Waals surface area contributed by atoms with Crippen LogP contribution in [0, 0.1) is 0 Å². The van der Waals surface area contributed by atoms with Gasteiger partial charge in [-0.2, -0.15) is 0 Å². The topological polar surface area (TPSA) is 30.7 Å². The van der Waals surface area contributed by atoms with Crippen molar-refractivity contribution in [3.05, 3.63) is 200 Å². The van der Waals surface area contributed by atoms with E-state index in [2.05, 4.69) is 218 Å². The summed E-state index contributed by atoms with van der Waals surface area (Å²) in [6.07, 6.45) is 0. The molecule has 0 aliphatic carbocycles. The van der Waals surface area contributed by atoms with Crippen molar-refractivity contribution in [2.24, 2.45) is 0 Å². The third-order valence-electron chi connectivity index (χ3n) is 12.0. The highest BCUT2D eigenvalue weighted by atomic mass is 28.3. The van der Waals surface area contributed by atoms with Crippen LogP contribution >= 0.6 is 0 Å². The molecule has 8 aromatic carbocycles. The maximum Gasteiger partial charge on any atom is 0.160 e. The van der Waals surface area contributed by atoms with Crippen molar-refractivity contribution in [1.82, 2.24) is 14.5 Å². The van der Waals surface area contributed by atoms with Gasteiger partial charge in [-0.25, -0.2) is 9.97 Å². The van der Waals surface area contributed by atoms with Gasteiger partial charge < -0.3 is 4.57 Å². The SMILES string of the molecule is C[Si]1(C)c2ccccc2-c2nc(-c3cccc(-c4cccc5c4c4cc(-c6ccccc6)ccc4n5-c4ccccc4)c3)nc(-c3cccc(-c4ccccc4)c3)c21. The van der Waals surface area contributed by atoms with Crippen LogP contribution in [-0.2, 0) is 0 Å². The third-order valence-corrected chi connectivity index (χ3v) is 15.5. The molecule has 0 fully saturated rings. The molecular formula is C54H39N3Si. The molecule has 1 aliphatic rings. The molecule has 0 spiro atoms. The van der Waals surface area contributed by atoms with Gasteiger partial charge >= 0.3 is 0 Å². The Hall–Kier alpha value is -7.14. The minimum atomic E-state index is -2.13. The van der Waals surface area contributed by atoms with Crippen molar-refractivity contribution in [2.75, 3.05) is 0 Å². The summed E-state index contributed by atoms with van der Waals surface area (Å²) in [6, 6.07) is 72.2. The van der Waals surface area contributed by atoms with Gasteiger partial charge in [0.2, 0.25) is 0 Å². The average molecular weight is 758 g/mol. The number of nitrogens with zero attached hydrogens (tertiary/aromatic N) is 3. The minimum Gasteiger partial charge on any atom is -0.309 e. The largest absolute Gasteiger partial charge is 0.309 e. The summed E-state index contributed by atoms with van der Waals surface area (Å²) >= 11 is 0. The second kappa shape index (κ2) is 13.5. The van der Waals surface area contributed by atoms with Gasteiger partial charge in [-0.15, -0.1) is 0 Å². The summed E-state index contributed by atoms with van der Waals surface area (Å²) < 4.78 is 2.40. The van der Waals surface area contributed by atoms with Crippen molar-refractivity contribution < 1.29 is 0 Å². The lowest BCUT2D eigenvalue weighted by Gasteiger charge is -2.22. The highest BCUT2D eigenvalue weighted by Crippen LogP contribution is 2.41. The van der Waals surface area contributed by atoms with E-state index in [-0.39, 0.29) is 0 Å². The molecule has 274 valence electrons. The number of para-hydroxylation sites is 1. The first-order valence-electron chi connectivity index (χ1n) is 20.0. The van der Waals surface area contributed by atoms with E-state index in [1.54, 1.807) is 0 Å². The van der Waals surface area contributed by atoms with Gasteiger partial charge in [0.1, 0.15) is 8.07 Å². The summed E-state index contributed by atoms with van der Waals surface area (Å²) in [5, 5.41) is 5.18. The zero-order valence-corrected chi connectivity index (χ0v) is 33.4. The lowest BCUT2D eigenvalue weighted by Crippen LogP contribution is -2.50. The minimum absolute atomic E-state index is 0.743. The number of fused-ring (bicyclic) bond motifs is 6. The number of hydrogen-bond acceptors (Lipinski definition) is 2. The quantitative estimate of drug-likeness (QED) is 0.158. The molecule has 0 amide bonds. The summed E-state index contributed by atoms with van der Waals surface area (Å²) in [7, 11) is -2.13. The molecular weight excluding hydrogens is 719 g/mol. The van der Waals surface area contributed by atoms with Crippen LogP contribution in [0.5, 0.6) is 0 Å². The molecule has 3 heterocycles. The van der Waals surface area contributed by atoms with Crippen molar-refractivity contribution >= 4 is 40.3 Å². The van der Waals surface area contributed by atoms with Crippen LogP contribution in [0.1, 0.15) is 0 Å². The first-order chi connectivity index (χ1) is 28.5. The fourth-order valence-electron chi connectivity index (χ4n) is 9.23. The zero-order valence-electron chi connectivity index (χ0n) is 32.4. The first kappa shape index (κ1) is 34.1. The van der Waals surface area contributed by atoms with Crippen molar-refractivity contribution in [1.29, 1.82) is 0 Å². The Labute approximate surface area is 339 Å². The van der Waals surface area contributed by atoms with Crippen LogP contribution in [0.3, 0.4) is 0 Å². The Kier molecular flexibility index (Phi) is 7.95. The molecule has 0 radical (unpaired) electrons. The zero-order chi connectivity index (χ0) is 38.8. The average Bonchev–Trinajstić information content (AvgIpc) is 3.75. The van der Waals surface area contributed by atoms with Crippen LogP contribution in [-0.4, -0.2) is 22.6 Å². The lowest BCUT2D eigenvalue weighted by atomic mass is 9.96. The number of benzene rings is 8. The molecule has 1 aliphatic heterocycles. The summed E-state index contributed by atoms with van der Waals surface area (Å²) in [5.41, 5.74) is 16.1. The standard InChI is InChI=1S/C54H39N3Si/c1-58(2)49-30-13-12-27-45(49)52-53(58)51(41-23-14-21-38(33-41)36-17-6-3-7-18-36)55-54(56-52)42-24-15-22-40(34-42)44-28-16-29-48-50(44)46-35-39(37-19-8-4-9-20-37)31-32-47(46)57(48)43-25-10-5-11-26-43/h3-35H,1-2H3. The van der Waals surface area contributed by atoms with Crippen LogP contribution in [0.25, 0.3) is 94.8 Å².